The molecule has 2 aliphatic rings. The van der Waals surface area contributed by atoms with Crippen molar-refractivity contribution in [3.8, 4) is 0 Å². The lowest BCUT2D eigenvalue weighted by Gasteiger charge is -2.37. The van der Waals surface area contributed by atoms with E-state index in [9.17, 15) is 9.59 Å². The van der Waals surface area contributed by atoms with E-state index in [1.807, 2.05) is 48.5 Å². The summed E-state index contributed by atoms with van der Waals surface area (Å²) in [7, 11) is 0. The maximum absolute atomic E-state index is 12.8. The Morgan fingerprint density at radius 3 is 1.02 bits per heavy atom. The molecule has 0 aliphatic carbocycles. The van der Waals surface area contributed by atoms with E-state index in [-0.39, 0.29) is 47.8 Å². The molecule has 0 radical (unpaired) electrons. The molecule has 58 heavy (non-hydrogen) atoms. The van der Waals surface area contributed by atoms with Gasteiger partial charge in [0.05, 0.1) is 11.8 Å². The second kappa shape index (κ2) is 20.0. The first-order valence-electron chi connectivity index (χ1n) is 20.8. The van der Waals surface area contributed by atoms with Crippen molar-refractivity contribution in [1.82, 2.24) is 20.4 Å². The number of benzene rings is 6. The van der Waals surface area contributed by atoms with E-state index in [2.05, 4.69) is 168 Å². The molecule has 296 valence electrons. The molecular weight excluding hydrogens is 713 g/mol. The van der Waals surface area contributed by atoms with Crippen LogP contribution < -0.4 is 10.6 Å². The Balaban J connectivity index is 0.000000177. The van der Waals surface area contributed by atoms with Crippen molar-refractivity contribution >= 4 is 11.8 Å². The Bertz CT molecular complexity index is 1980. The van der Waals surface area contributed by atoms with Gasteiger partial charge >= 0.3 is 0 Å². The van der Waals surface area contributed by atoms with E-state index in [1.54, 1.807) is 0 Å². The molecule has 0 unspecified atom stereocenters. The number of carbonyl (C=O) groups excluding carboxylic acids is 2. The number of nitrogens with zero attached hydrogens (tertiary/aromatic N) is 2. The number of hydrogen-bond acceptors (Lipinski definition) is 4. The van der Waals surface area contributed by atoms with Gasteiger partial charge in [0.25, 0.3) is 0 Å². The van der Waals surface area contributed by atoms with Gasteiger partial charge in [-0.25, -0.2) is 0 Å². The summed E-state index contributed by atoms with van der Waals surface area (Å²) in [4.78, 5) is 30.5. The summed E-state index contributed by atoms with van der Waals surface area (Å²) < 4.78 is 0. The molecule has 0 saturated carbocycles. The highest BCUT2D eigenvalue weighted by molar-refractivity contribution is 5.82. The van der Waals surface area contributed by atoms with Crippen molar-refractivity contribution < 1.29 is 9.59 Å². The maximum Gasteiger partial charge on any atom is 0.225 e. The van der Waals surface area contributed by atoms with Gasteiger partial charge in [-0.05, 0) is 60.1 Å². The highest BCUT2D eigenvalue weighted by Crippen LogP contribution is 2.33. The number of carbonyl (C=O) groups is 2. The Hall–Kier alpha value is -5.82. The predicted octanol–water partition coefficient (Wildman–Crippen LogP) is 9.21. The Morgan fingerprint density at radius 2 is 0.707 bits per heavy atom. The quantitative estimate of drug-likeness (QED) is 0.116. The number of nitrogens with one attached hydrogen (secondary N) is 2. The maximum atomic E-state index is 12.8. The number of rotatable bonds is 14. The third-order valence-electron chi connectivity index (χ3n) is 12.0. The minimum atomic E-state index is -0.0488. The van der Waals surface area contributed by atoms with E-state index in [0.717, 1.165) is 25.9 Å². The molecule has 2 amide bonds. The first-order chi connectivity index (χ1) is 28.4. The van der Waals surface area contributed by atoms with Crippen LogP contribution in [0.1, 0.15) is 59.3 Å². The van der Waals surface area contributed by atoms with Crippen molar-refractivity contribution in [3.05, 3.63) is 215 Å². The van der Waals surface area contributed by atoms with Gasteiger partial charge in [0.15, 0.2) is 0 Å². The van der Waals surface area contributed by atoms with Crippen molar-refractivity contribution in [2.45, 2.75) is 63.9 Å². The smallest absolute Gasteiger partial charge is 0.225 e. The highest BCUT2D eigenvalue weighted by atomic mass is 16.2. The zero-order valence-electron chi connectivity index (χ0n) is 33.7. The number of hydrogen-bond donors (Lipinski definition) is 2. The monoisotopic (exact) mass is 768 g/mol. The molecule has 8 rings (SSSR count). The average Bonchev–Trinajstić information content (AvgIpc) is 3.83. The third-order valence-corrected chi connectivity index (χ3v) is 12.0. The Kier molecular flexibility index (Phi) is 14.0. The van der Waals surface area contributed by atoms with E-state index in [4.69, 9.17) is 0 Å². The molecule has 6 aromatic carbocycles. The van der Waals surface area contributed by atoms with Crippen LogP contribution in [-0.4, -0.2) is 46.8 Å². The van der Waals surface area contributed by atoms with E-state index >= 15 is 0 Å². The van der Waals surface area contributed by atoms with Crippen LogP contribution in [0.5, 0.6) is 0 Å². The molecular formula is C52H56N4O2. The summed E-state index contributed by atoms with van der Waals surface area (Å²) in [5.41, 5.74) is 7.53. The minimum absolute atomic E-state index is 0.0488. The molecule has 6 heteroatoms. The summed E-state index contributed by atoms with van der Waals surface area (Å²) in [6, 6.07) is 63.7. The van der Waals surface area contributed by atoms with Gasteiger partial charge in [-0.15, -0.1) is 0 Å². The fourth-order valence-electron chi connectivity index (χ4n) is 8.71. The molecule has 0 spiro atoms. The lowest BCUT2D eigenvalue weighted by atomic mass is 9.91. The molecule has 6 aromatic rings. The number of amides is 2. The van der Waals surface area contributed by atoms with Crippen LogP contribution in [0.4, 0.5) is 0 Å². The minimum Gasteiger partial charge on any atom is -0.354 e. The molecule has 2 heterocycles. The average molecular weight is 769 g/mol. The zero-order chi connectivity index (χ0) is 40.1. The van der Waals surface area contributed by atoms with Gasteiger partial charge in [-0.2, -0.15) is 0 Å². The molecule has 6 atom stereocenters. The summed E-state index contributed by atoms with van der Waals surface area (Å²) in [5.74, 6) is 0.230. The Morgan fingerprint density at radius 1 is 0.431 bits per heavy atom. The second-order valence-electron chi connectivity index (χ2n) is 15.7. The van der Waals surface area contributed by atoms with Gasteiger partial charge in [0.1, 0.15) is 0 Å². The van der Waals surface area contributed by atoms with E-state index in [1.165, 1.54) is 33.4 Å². The van der Waals surface area contributed by atoms with E-state index < -0.39 is 0 Å². The van der Waals surface area contributed by atoms with Crippen LogP contribution in [0.3, 0.4) is 0 Å². The van der Waals surface area contributed by atoms with Gasteiger partial charge in [-0.1, -0.05) is 182 Å². The van der Waals surface area contributed by atoms with Crippen LogP contribution >= 0.6 is 0 Å². The van der Waals surface area contributed by atoms with Crippen molar-refractivity contribution in [3.63, 3.8) is 0 Å². The largest absolute Gasteiger partial charge is 0.354 e. The third kappa shape index (κ3) is 10.4. The van der Waals surface area contributed by atoms with Crippen molar-refractivity contribution in [1.29, 1.82) is 0 Å². The molecule has 0 aromatic heterocycles. The van der Waals surface area contributed by atoms with Gasteiger partial charge in [0.2, 0.25) is 11.8 Å². The predicted molar refractivity (Wildman–Crippen MR) is 235 cm³/mol. The van der Waals surface area contributed by atoms with Crippen LogP contribution in [0.15, 0.2) is 182 Å². The molecule has 2 aliphatic heterocycles. The lowest BCUT2D eigenvalue weighted by molar-refractivity contribution is -0.124. The standard InChI is InChI=1S/2C26H28N2O/c2*1-20(23-15-9-4-10-16-23)28(19-22-13-7-3-8-14-22)25-18-27-26(29)24(25)17-21-11-5-2-6-12-21/h2*2-16,20,24-25H,17-19H2,1H3,(H,27,29)/t2*20-,24+,25-/m00/s1. The van der Waals surface area contributed by atoms with E-state index in [0.29, 0.717) is 13.1 Å². The van der Waals surface area contributed by atoms with Crippen LogP contribution in [0.25, 0.3) is 0 Å². The van der Waals surface area contributed by atoms with Gasteiger partial charge < -0.3 is 10.6 Å². The fourth-order valence-corrected chi connectivity index (χ4v) is 8.71. The first-order valence-corrected chi connectivity index (χ1v) is 20.8. The summed E-state index contributed by atoms with van der Waals surface area (Å²) >= 11 is 0. The summed E-state index contributed by atoms with van der Waals surface area (Å²) in [6.45, 7) is 7.53. The zero-order valence-corrected chi connectivity index (χ0v) is 33.7. The SMILES string of the molecule is C[C@@H](c1ccccc1)N(Cc1ccccc1)[C@H]1CNC(=O)[C@@H]1Cc1ccccc1.C[C@@H](c1ccccc1)N(Cc1ccccc1)[C@H]1CNC(=O)[C@@H]1Cc1ccccc1. The lowest BCUT2D eigenvalue weighted by Crippen LogP contribution is -2.43. The normalized spacial score (nSPS) is 19.9. The van der Waals surface area contributed by atoms with Gasteiger partial charge in [0, 0.05) is 50.3 Å². The fraction of sp³-hybridized carbons (Fsp3) is 0.269. The summed E-state index contributed by atoms with van der Waals surface area (Å²) in [5, 5.41) is 6.26. The van der Waals surface area contributed by atoms with Crippen LogP contribution in [0.2, 0.25) is 0 Å². The molecule has 2 fully saturated rings. The molecule has 0 bridgehead atoms. The molecule has 2 saturated heterocycles. The van der Waals surface area contributed by atoms with Crippen molar-refractivity contribution in [2.75, 3.05) is 13.1 Å². The van der Waals surface area contributed by atoms with Crippen molar-refractivity contribution in [2.24, 2.45) is 11.8 Å². The first kappa shape index (κ1) is 40.4. The topological polar surface area (TPSA) is 64.7 Å². The molecule has 2 N–H and O–H groups in total. The highest BCUT2D eigenvalue weighted by Gasteiger charge is 2.41. The van der Waals surface area contributed by atoms with Gasteiger partial charge in [-0.3, -0.25) is 19.4 Å². The van der Waals surface area contributed by atoms with Crippen LogP contribution in [-0.2, 0) is 35.5 Å². The molecule has 6 nitrogen and oxygen atoms in total. The second-order valence-corrected chi connectivity index (χ2v) is 15.7. The Labute approximate surface area is 344 Å². The van der Waals surface area contributed by atoms with Crippen LogP contribution in [0, 0.1) is 11.8 Å². The summed E-state index contributed by atoms with van der Waals surface area (Å²) in [6.07, 6.45) is 1.54.